The first kappa shape index (κ1) is 14.8. The van der Waals surface area contributed by atoms with Crippen LogP contribution in [0, 0.1) is 0 Å². The Labute approximate surface area is 121 Å². The normalized spacial score (nSPS) is 18.0. The second kappa shape index (κ2) is 6.21. The zero-order valence-electron chi connectivity index (χ0n) is 11.5. The summed E-state index contributed by atoms with van der Waals surface area (Å²) in [5.41, 5.74) is 6.17. The van der Waals surface area contributed by atoms with E-state index in [1.165, 1.54) is 12.3 Å². The predicted molar refractivity (Wildman–Crippen MR) is 74.4 cm³/mol. The van der Waals surface area contributed by atoms with Gasteiger partial charge in [-0.15, -0.1) is 0 Å². The molecule has 0 aromatic carbocycles. The molecule has 1 fully saturated rings. The molecule has 0 aliphatic carbocycles. The van der Waals surface area contributed by atoms with Gasteiger partial charge in [0, 0.05) is 12.6 Å². The number of anilines is 2. The van der Waals surface area contributed by atoms with Crippen molar-refractivity contribution in [2.24, 2.45) is 0 Å². The maximum Gasteiger partial charge on any atom is 0.340 e. The van der Waals surface area contributed by atoms with Crippen LogP contribution in [0.1, 0.15) is 30.1 Å². The first-order chi connectivity index (χ1) is 10.0. The zero-order valence-corrected chi connectivity index (χ0v) is 11.5. The molecule has 4 N–H and O–H groups in total. The molecule has 1 aromatic heterocycles. The average Bonchev–Trinajstić information content (AvgIpc) is 2.44. The van der Waals surface area contributed by atoms with Gasteiger partial charge in [-0.2, -0.15) is 0 Å². The maximum absolute atomic E-state index is 11.7. The first-order valence-electron chi connectivity index (χ1n) is 6.54. The SMILES string of the molecule is CCOC(=O)c1ccnc(NC2CCC(=O)NC2=O)c1N. The van der Waals surface area contributed by atoms with Crippen LogP contribution in [0.25, 0.3) is 0 Å². The number of carbonyl (C=O) groups excluding carboxylic acids is 3. The van der Waals surface area contributed by atoms with E-state index in [1.807, 2.05) is 0 Å². The van der Waals surface area contributed by atoms with Gasteiger partial charge < -0.3 is 15.8 Å². The summed E-state index contributed by atoms with van der Waals surface area (Å²) in [6.45, 7) is 1.92. The summed E-state index contributed by atoms with van der Waals surface area (Å²) in [6.07, 6.45) is 1.98. The lowest BCUT2D eigenvalue weighted by atomic mass is 10.1. The minimum atomic E-state index is -0.616. The summed E-state index contributed by atoms with van der Waals surface area (Å²) in [5, 5.41) is 5.07. The number of imide groups is 1. The highest BCUT2D eigenvalue weighted by atomic mass is 16.5. The molecule has 0 radical (unpaired) electrons. The van der Waals surface area contributed by atoms with Gasteiger partial charge in [-0.1, -0.05) is 0 Å². The molecule has 1 aliphatic rings. The van der Waals surface area contributed by atoms with Gasteiger partial charge in [-0.05, 0) is 19.4 Å². The van der Waals surface area contributed by atoms with E-state index in [-0.39, 0.29) is 36.0 Å². The van der Waals surface area contributed by atoms with E-state index in [2.05, 4.69) is 15.6 Å². The van der Waals surface area contributed by atoms with Crippen molar-refractivity contribution < 1.29 is 19.1 Å². The Morgan fingerprint density at radius 1 is 1.57 bits per heavy atom. The minimum absolute atomic E-state index is 0.112. The quantitative estimate of drug-likeness (QED) is 0.529. The molecule has 1 aromatic rings. The lowest BCUT2D eigenvalue weighted by Gasteiger charge is -2.23. The van der Waals surface area contributed by atoms with Crippen LogP contribution in [-0.2, 0) is 14.3 Å². The molecule has 0 spiro atoms. The van der Waals surface area contributed by atoms with Crippen LogP contribution in [0.2, 0.25) is 0 Å². The molecule has 0 bridgehead atoms. The summed E-state index contributed by atoms with van der Waals surface area (Å²) >= 11 is 0. The molecule has 0 saturated carbocycles. The second-order valence-electron chi connectivity index (χ2n) is 4.49. The van der Waals surface area contributed by atoms with E-state index < -0.39 is 17.9 Å². The molecule has 8 nitrogen and oxygen atoms in total. The number of nitrogens with two attached hydrogens (primary N) is 1. The Bertz CT molecular complexity index is 588. The molecule has 2 rings (SSSR count). The van der Waals surface area contributed by atoms with Crippen molar-refractivity contribution in [3.8, 4) is 0 Å². The smallest absolute Gasteiger partial charge is 0.340 e. The van der Waals surface area contributed by atoms with Crippen molar-refractivity contribution in [1.82, 2.24) is 10.3 Å². The molecule has 1 aliphatic heterocycles. The molecular weight excluding hydrogens is 276 g/mol. The average molecular weight is 292 g/mol. The number of nitrogen functional groups attached to an aromatic ring is 1. The van der Waals surface area contributed by atoms with E-state index in [1.54, 1.807) is 6.92 Å². The Kier molecular flexibility index (Phi) is 4.36. The predicted octanol–water partition coefficient (Wildman–Crippen LogP) is 0.0576. The monoisotopic (exact) mass is 292 g/mol. The number of nitrogens with one attached hydrogen (secondary N) is 2. The van der Waals surface area contributed by atoms with Crippen LogP contribution in [0.5, 0.6) is 0 Å². The first-order valence-corrected chi connectivity index (χ1v) is 6.54. The van der Waals surface area contributed by atoms with Gasteiger partial charge in [0.05, 0.1) is 17.9 Å². The lowest BCUT2D eigenvalue weighted by molar-refractivity contribution is -0.133. The standard InChI is InChI=1S/C13H16N4O4/c1-2-21-13(20)7-5-6-15-11(10(7)14)16-8-3-4-9(18)17-12(8)19/h5-6,8H,2-4,14H2,1H3,(H,15,16)(H,17,18,19). The number of amides is 2. The molecular formula is C13H16N4O4. The van der Waals surface area contributed by atoms with Crippen molar-refractivity contribution in [2.45, 2.75) is 25.8 Å². The van der Waals surface area contributed by atoms with E-state index in [4.69, 9.17) is 10.5 Å². The molecule has 112 valence electrons. The number of hydrogen-bond donors (Lipinski definition) is 3. The van der Waals surface area contributed by atoms with Crippen molar-refractivity contribution in [3.63, 3.8) is 0 Å². The van der Waals surface area contributed by atoms with Gasteiger partial charge in [0.25, 0.3) is 0 Å². The number of carbonyl (C=O) groups is 3. The number of hydrogen-bond acceptors (Lipinski definition) is 7. The molecule has 2 heterocycles. The van der Waals surface area contributed by atoms with E-state index in [0.29, 0.717) is 6.42 Å². The van der Waals surface area contributed by atoms with Crippen molar-refractivity contribution in [1.29, 1.82) is 0 Å². The van der Waals surface area contributed by atoms with Crippen LogP contribution >= 0.6 is 0 Å². The molecule has 1 atom stereocenters. The highest BCUT2D eigenvalue weighted by Gasteiger charge is 2.27. The van der Waals surface area contributed by atoms with Crippen LogP contribution in [0.3, 0.4) is 0 Å². The summed E-state index contributed by atoms with van der Waals surface area (Å²) in [4.78, 5) is 38.5. The lowest BCUT2D eigenvalue weighted by Crippen LogP contribution is -2.47. The Balaban J connectivity index is 2.17. The van der Waals surface area contributed by atoms with Crippen molar-refractivity contribution in [3.05, 3.63) is 17.8 Å². The third-order valence-electron chi connectivity index (χ3n) is 3.04. The van der Waals surface area contributed by atoms with Gasteiger partial charge in [-0.3, -0.25) is 14.9 Å². The van der Waals surface area contributed by atoms with Crippen LogP contribution in [-0.4, -0.2) is 35.4 Å². The largest absolute Gasteiger partial charge is 0.462 e. The number of esters is 1. The third-order valence-corrected chi connectivity index (χ3v) is 3.04. The van der Waals surface area contributed by atoms with Crippen molar-refractivity contribution >= 4 is 29.3 Å². The second-order valence-corrected chi connectivity index (χ2v) is 4.49. The fourth-order valence-corrected chi connectivity index (χ4v) is 1.97. The van der Waals surface area contributed by atoms with Gasteiger partial charge in [0.2, 0.25) is 11.8 Å². The molecule has 8 heteroatoms. The molecule has 21 heavy (non-hydrogen) atoms. The maximum atomic E-state index is 11.7. The number of rotatable bonds is 4. The minimum Gasteiger partial charge on any atom is -0.462 e. The van der Waals surface area contributed by atoms with Crippen molar-refractivity contribution in [2.75, 3.05) is 17.7 Å². The van der Waals surface area contributed by atoms with Gasteiger partial charge >= 0.3 is 5.97 Å². The van der Waals surface area contributed by atoms with Gasteiger partial charge in [0.1, 0.15) is 6.04 Å². The number of pyridine rings is 1. The van der Waals surface area contributed by atoms with Crippen LogP contribution in [0.15, 0.2) is 12.3 Å². The van der Waals surface area contributed by atoms with Gasteiger partial charge in [-0.25, -0.2) is 9.78 Å². The van der Waals surface area contributed by atoms with Crippen LogP contribution < -0.4 is 16.4 Å². The zero-order chi connectivity index (χ0) is 15.4. The highest BCUT2D eigenvalue weighted by Crippen LogP contribution is 2.23. The fraction of sp³-hybridized carbons (Fsp3) is 0.385. The fourth-order valence-electron chi connectivity index (χ4n) is 1.97. The van der Waals surface area contributed by atoms with E-state index in [9.17, 15) is 14.4 Å². The number of nitrogens with zero attached hydrogens (tertiary/aromatic N) is 1. The van der Waals surface area contributed by atoms with E-state index >= 15 is 0 Å². The molecule has 1 saturated heterocycles. The molecule has 1 unspecified atom stereocenters. The Morgan fingerprint density at radius 3 is 3.00 bits per heavy atom. The number of piperidine rings is 1. The number of aromatic nitrogens is 1. The highest BCUT2D eigenvalue weighted by molar-refractivity contribution is 6.02. The van der Waals surface area contributed by atoms with Gasteiger partial charge in [0.15, 0.2) is 5.82 Å². The summed E-state index contributed by atoms with van der Waals surface area (Å²) in [5.74, 6) is -1.08. The Morgan fingerprint density at radius 2 is 2.33 bits per heavy atom. The molecule has 2 amide bonds. The van der Waals surface area contributed by atoms with E-state index in [0.717, 1.165) is 0 Å². The summed E-state index contributed by atoms with van der Waals surface area (Å²) < 4.78 is 4.89. The Hall–Kier alpha value is -2.64. The third kappa shape index (κ3) is 3.28. The van der Waals surface area contributed by atoms with Crippen LogP contribution in [0.4, 0.5) is 11.5 Å². The topological polar surface area (TPSA) is 123 Å². The summed E-state index contributed by atoms with van der Waals surface area (Å²) in [7, 11) is 0. The summed E-state index contributed by atoms with van der Waals surface area (Å²) in [6, 6.07) is 0.832. The number of ether oxygens (including phenoxy) is 1.